The van der Waals surface area contributed by atoms with Gasteiger partial charge in [-0.15, -0.1) is 0 Å². The minimum atomic E-state index is -4.61. The molecule has 1 saturated heterocycles. The molecule has 1 aliphatic rings. The summed E-state index contributed by atoms with van der Waals surface area (Å²) < 4.78 is 41.6. The van der Waals surface area contributed by atoms with Crippen LogP contribution in [-0.4, -0.2) is 28.1 Å². The van der Waals surface area contributed by atoms with Crippen molar-refractivity contribution in [3.05, 3.63) is 35.7 Å². The number of aromatic nitrogens is 2. The first-order chi connectivity index (χ1) is 10.5. The number of nitrogens with zero attached hydrogens (tertiary/aromatic N) is 3. The third-order valence-corrected chi connectivity index (χ3v) is 3.74. The van der Waals surface area contributed by atoms with Crippen molar-refractivity contribution in [1.29, 1.82) is 0 Å². The number of hydrogen-bond acceptors (Lipinski definition) is 4. The molecule has 0 unspecified atom stereocenters. The van der Waals surface area contributed by atoms with Gasteiger partial charge < -0.3 is 4.52 Å². The van der Waals surface area contributed by atoms with Crippen LogP contribution in [0.5, 0.6) is 0 Å². The average molecular weight is 311 g/mol. The number of hydrogen-bond donors (Lipinski definition) is 0. The van der Waals surface area contributed by atoms with E-state index in [2.05, 4.69) is 19.6 Å². The molecule has 0 spiro atoms. The lowest BCUT2D eigenvalue weighted by atomic mass is 10.1. The first kappa shape index (κ1) is 15.0. The van der Waals surface area contributed by atoms with Crippen LogP contribution in [0.2, 0.25) is 0 Å². The molecule has 0 radical (unpaired) electrons. The van der Waals surface area contributed by atoms with Crippen LogP contribution in [0.1, 0.15) is 30.7 Å². The molecule has 1 aromatic heterocycles. The minimum absolute atomic E-state index is 0.0446. The van der Waals surface area contributed by atoms with Gasteiger partial charge in [0.05, 0.1) is 0 Å². The van der Waals surface area contributed by atoms with Crippen LogP contribution in [0.25, 0.3) is 11.4 Å². The first-order valence-corrected chi connectivity index (χ1v) is 7.25. The highest BCUT2D eigenvalue weighted by Crippen LogP contribution is 2.29. The second kappa shape index (κ2) is 6.08. The summed E-state index contributed by atoms with van der Waals surface area (Å²) in [6, 6.07) is 7.25. The molecule has 0 bridgehead atoms. The molecule has 0 aliphatic carbocycles. The smallest absolute Gasteiger partial charge is 0.329 e. The molecule has 0 saturated carbocycles. The largest absolute Gasteiger partial charge is 0.471 e. The maximum absolute atomic E-state index is 12.4. The van der Waals surface area contributed by atoms with E-state index in [0.29, 0.717) is 5.56 Å². The van der Waals surface area contributed by atoms with Gasteiger partial charge in [0.25, 0.3) is 0 Å². The molecule has 4 nitrogen and oxygen atoms in total. The predicted octanol–water partition coefficient (Wildman–Crippen LogP) is 3.74. The lowest BCUT2D eigenvalue weighted by molar-refractivity contribution is -0.159. The van der Waals surface area contributed by atoms with Crippen molar-refractivity contribution in [2.24, 2.45) is 0 Å². The Hall–Kier alpha value is -1.89. The number of benzene rings is 1. The molecule has 0 amide bonds. The van der Waals surface area contributed by atoms with E-state index in [4.69, 9.17) is 0 Å². The van der Waals surface area contributed by atoms with Crippen LogP contribution in [0, 0.1) is 0 Å². The van der Waals surface area contributed by atoms with Crippen molar-refractivity contribution >= 4 is 0 Å². The van der Waals surface area contributed by atoms with Crippen LogP contribution in [0.15, 0.2) is 28.8 Å². The van der Waals surface area contributed by atoms with Gasteiger partial charge in [-0.05, 0) is 31.5 Å². The topological polar surface area (TPSA) is 42.2 Å². The van der Waals surface area contributed by atoms with E-state index in [1.807, 2.05) is 12.1 Å². The zero-order chi connectivity index (χ0) is 15.6. The molecule has 1 fully saturated rings. The van der Waals surface area contributed by atoms with E-state index in [1.165, 1.54) is 19.3 Å². The Labute approximate surface area is 125 Å². The zero-order valence-corrected chi connectivity index (χ0v) is 11.9. The fourth-order valence-corrected chi connectivity index (χ4v) is 2.59. The summed E-state index contributed by atoms with van der Waals surface area (Å²) in [7, 11) is 0. The molecule has 1 aromatic carbocycles. The van der Waals surface area contributed by atoms with E-state index in [-0.39, 0.29) is 5.82 Å². The van der Waals surface area contributed by atoms with Crippen LogP contribution < -0.4 is 0 Å². The summed E-state index contributed by atoms with van der Waals surface area (Å²) in [5.74, 6) is -1.36. The molecule has 1 aliphatic heterocycles. The fourth-order valence-electron chi connectivity index (χ4n) is 2.59. The van der Waals surface area contributed by atoms with Gasteiger partial charge in [-0.3, -0.25) is 4.90 Å². The molecule has 0 N–H and O–H groups in total. The highest BCUT2D eigenvalue weighted by Gasteiger charge is 2.38. The zero-order valence-electron chi connectivity index (χ0n) is 11.9. The van der Waals surface area contributed by atoms with Crippen molar-refractivity contribution in [2.45, 2.75) is 32.0 Å². The molecule has 22 heavy (non-hydrogen) atoms. The van der Waals surface area contributed by atoms with Gasteiger partial charge in [0.1, 0.15) is 0 Å². The molecule has 3 rings (SSSR count). The number of likely N-dealkylation sites (tertiary alicyclic amines) is 1. The van der Waals surface area contributed by atoms with Crippen molar-refractivity contribution in [3.8, 4) is 11.4 Å². The van der Waals surface area contributed by atoms with Crippen LogP contribution in [0.3, 0.4) is 0 Å². The van der Waals surface area contributed by atoms with Gasteiger partial charge >= 0.3 is 12.1 Å². The summed E-state index contributed by atoms with van der Waals surface area (Å²) in [5, 5.41) is 3.38. The second-order valence-corrected chi connectivity index (χ2v) is 5.45. The summed E-state index contributed by atoms with van der Waals surface area (Å²) in [4.78, 5) is 5.77. The Morgan fingerprint density at radius 1 is 1.05 bits per heavy atom. The highest BCUT2D eigenvalue weighted by molar-refractivity contribution is 5.54. The van der Waals surface area contributed by atoms with E-state index >= 15 is 0 Å². The summed E-state index contributed by atoms with van der Waals surface area (Å²) >= 11 is 0. The Balaban J connectivity index is 1.69. The SMILES string of the molecule is FC(F)(F)c1nc(-c2ccc(CN3CCCCC3)cc2)no1. The van der Waals surface area contributed by atoms with Crippen molar-refractivity contribution < 1.29 is 17.7 Å². The molecule has 118 valence electrons. The Bertz CT molecular complexity index is 616. The standard InChI is InChI=1S/C15H16F3N3O/c16-15(17,18)14-19-13(20-22-14)12-6-4-11(5-7-12)10-21-8-2-1-3-9-21/h4-7H,1-3,8-10H2. The number of rotatable bonds is 3. The number of piperidine rings is 1. The van der Waals surface area contributed by atoms with Crippen LogP contribution in [0.4, 0.5) is 13.2 Å². The predicted molar refractivity (Wildman–Crippen MR) is 73.9 cm³/mol. The van der Waals surface area contributed by atoms with Gasteiger partial charge in [0.15, 0.2) is 0 Å². The Kier molecular flexibility index (Phi) is 4.15. The highest BCUT2D eigenvalue weighted by atomic mass is 19.4. The third kappa shape index (κ3) is 3.47. The van der Waals surface area contributed by atoms with Crippen molar-refractivity contribution in [1.82, 2.24) is 15.0 Å². The summed E-state index contributed by atoms with van der Waals surface area (Å²) in [6.45, 7) is 3.06. The maximum Gasteiger partial charge on any atom is 0.471 e. The van der Waals surface area contributed by atoms with Gasteiger partial charge in [0, 0.05) is 12.1 Å². The van der Waals surface area contributed by atoms with Crippen LogP contribution >= 0.6 is 0 Å². The van der Waals surface area contributed by atoms with E-state index in [0.717, 1.165) is 25.2 Å². The summed E-state index contributed by atoms with van der Waals surface area (Å²) in [5.41, 5.74) is 1.65. The maximum atomic E-state index is 12.4. The van der Waals surface area contributed by atoms with E-state index < -0.39 is 12.1 Å². The molecular formula is C15H16F3N3O. The molecule has 2 aromatic rings. The molecule has 2 heterocycles. The lowest BCUT2D eigenvalue weighted by Crippen LogP contribution is -2.28. The summed E-state index contributed by atoms with van der Waals surface area (Å²) in [6.07, 6.45) is -0.878. The van der Waals surface area contributed by atoms with Gasteiger partial charge in [0.2, 0.25) is 5.82 Å². The Morgan fingerprint density at radius 2 is 1.73 bits per heavy atom. The normalized spacial score (nSPS) is 16.9. The molecule has 0 atom stereocenters. The average Bonchev–Trinajstić information content (AvgIpc) is 2.99. The van der Waals surface area contributed by atoms with Crippen LogP contribution in [-0.2, 0) is 12.7 Å². The Morgan fingerprint density at radius 3 is 2.32 bits per heavy atom. The van der Waals surface area contributed by atoms with E-state index in [1.54, 1.807) is 12.1 Å². The van der Waals surface area contributed by atoms with Crippen molar-refractivity contribution in [3.63, 3.8) is 0 Å². The monoisotopic (exact) mass is 311 g/mol. The number of alkyl halides is 3. The fraction of sp³-hybridized carbons (Fsp3) is 0.467. The van der Waals surface area contributed by atoms with Crippen molar-refractivity contribution in [2.75, 3.05) is 13.1 Å². The second-order valence-electron chi connectivity index (χ2n) is 5.45. The molecule has 7 heteroatoms. The first-order valence-electron chi connectivity index (χ1n) is 7.25. The minimum Gasteiger partial charge on any atom is -0.329 e. The van der Waals surface area contributed by atoms with Gasteiger partial charge in [-0.1, -0.05) is 35.8 Å². The van der Waals surface area contributed by atoms with E-state index in [9.17, 15) is 13.2 Å². The third-order valence-electron chi connectivity index (χ3n) is 3.74. The van der Waals surface area contributed by atoms with Gasteiger partial charge in [-0.25, -0.2) is 0 Å². The number of halogens is 3. The lowest BCUT2D eigenvalue weighted by Gasteiger charge is -2.26. The molecular weight excluding hydrogens is 295 g/mol. The van der Waals surface area contributed by atoms with Gasteiger partial charge in [-0.2, -0.15) is 18.2 Å². The quantitative estimate of drug-likeness (QED) is 0.866.